The summed E-state index contributed by atoms with van der Waals surface area (Å²) in [5.41, 5.74) is 2.87. The number of likely N-dealkylation sites (tertiary alicyclic amines) is 2. The minimum Gasteiger partial charge on any atom is -0.490 e. The molecule has 9 heteroatoms. The molecule has 2 fully saturated rings. The molecule has 0 saturated carbocycles. The second-order valence-corrected chi connectivity index (χ2v) is 9.41. The van der Waals surface area contributed by atoms with Gasteiger partial charge in [0.15, 0.2) is 0 Å². The number of hydrogen-bond acceptors (Lipinski definition) is 7. The Kier molecular flexibility index (Phi) is 6.40. The summed E-state index contributed by atoms with van der Waals surface area (Å²) in [4.78, 5) is 34.8. The Labute approximate surface area is 205 Å². The third-order valence-corrected chi connectivity index (χ3v) is 7.06. The number of benzene rings is 1. The summed E-state index contributed by atoms with van der Waals surface area (Å²) in [6.45, 7) is 7.25. The molecule has 1 aromatic carbocycles. The first kappa shape index (κ1) is 23.3. The molecule has 0 unspecified atom stereocenters. The van der Waals surface area contributed by atoms with Crippen LogP contribution in [0.25, 0.3) is 0 Å². The molecule has 0 radical (unpaired) electrons. The molecular weight excluding hydrogens is 448 g/mol. The Morgan fingerprint density at radius 3 is 2.66 bits per heavy atom. The lowest BCUT2D eigenvalue weighted by Crippen LogP contribution is -2.37. The van der Waals surface area contributed by atoms with E-state index in [0.29, 0.717) is 45.2 Å². The van der Waals surface area contributed by atoms with E-state index in [1.54, 1.807) is 18.9 Å². The third-order valence-electron chi connectivity index (χ3n) is 7.06. The lowest BCUT2D eigenvalue weighted by atomic mass is 10.1. The number of nitrogens with zero attached hydrogens (tertiary/aromatic N) is 4. The fourth-order valence-corrected chi connectivity index (χ4v) is 5.17. The van der Waals surface area contributed by atoms with Gasteiger partial charge in [-0.05, 0) is 31.5 Å². The van der Waals surface area contributed by atoms with E-state index >= 15 is 0 Å². The zero-order valence-corrected chi connectivity index (χ0v) is 20.5. The Morgan fingerprint density at radius 2 is 1.91 bits per heavy atom. The van der Waals surface area contributed by atoms with Gasteiger partial charge in [0.25, 0.3) is 0 Å². The summed E-state index contributed by atoms with van der Waals surface area (Å²) < 4.78 is 17.5. The van der Waals surface area contributed by atoms with E-state index in [4.69, 9.17) is 14.2 Å². The van der Waals surface area contributed by atoms with Gasteiger partial charge >= 0.3 is 0 Å². The van der Waals surface area contributed by atoms with Crippen molar-refractivity contribution in [2.45, 2.75) is 32.8 Å². The first-order chi connectivity index (χ1) is 16.9. The predicted octanol–water partition coefficient (Wildman–Crippen LogP) is 2.78. The Morgan fingerprint density at radius 1 is 1.09 bits per heavy atom. The molecular formula is C26H32N4O5. The highest BCUT2D eigenvalue weighted by atomic mass is 16.5. The van der Waals surface area contributed by atoms with Crippen LogP contribution in [0.4, 0.5) is 11.4 Å². The van der Waals surface area contributed by atoms with Crippen molar-refractivity contribution in [1.82, 2.24) is 14.8 Å². The molecule has 2 atom stereocenters. The number of pyridine rings is 1. The van der Waals surface area contributed by atoms with Crippen molar-refractivity contribution < 1.29 is 23.8 Å². The molecule has 1 aromatic heterocycles. The molecule has 5 rings (SSSR count). The largest absolute Gasteiger partial charge is 0.490 e. The van der Waals surface area contributed by atoms with Gasteiger partial charge in [0, 0.05) is 44.6 Å². The van der Waals surface area contributed by atoms with Crippen LogP contribution in [-0.4, -0.2) is 79.1 Å². The lowest BCUT2D eigenvalue weighted by molar-refractivity contribution is -0.134. The zero-order valence-electron chi connectivity index (χ0n) is 20.5. The maximum atomic E-state index is 13.0. The molecule has 0 aliphatic carbocycles. The number of rotatable bonds is 5. The summed E-state index contributed by atoms with van der Waals surface area (Å²) in [6.07, 6.45) is 3.27. The highest BCUT2D eigenvalue weighted by Crippen LogP contribution is 2.40. The molecule has 0 N–H and O–H groups in total. The number of methoxy groups -OCH3 is 1. The minimum atomic E-state index is -0.103. The second kappa shape index (κ2) is 9.64. The van der Waals surface area contributed by atoms with Crippen molar-refractivity contribution in [3.63, 3.8) is 0 Å². The average molecular weight is 481 g/mol. The molecule has 2 aromatic rings. The number of anilines is 2. The zero-order chi connectivity index (χ0) is 24.5. The topological polar surface area (TPSA) is 84.4 Å². The van der Waals surface area contributed by atoms with Crippen molar-refractivity contribution in [3.8, 4) is 17.4 Å². The van der Waals surface area contributed by atoms with E-state index in [1.807, 2.05) is 36.2 Å². The summed E-state index contributed by atoms with van der Waals surface area (Å²) in [7, 11) is 1.62. The molecule has 2 saturated heterocycles. The summed E-state index contributed by atoms with van der Waals surface area (Å²) in [5.74, 6) is 2.23. The highest BCUT2D eigenvalue weighted by Gasteiger charge is 2.36. The standard InChI is InChI=1S/C26H32N4O5/c1-17-12-20(14-27-25(17)33-3)30-10-11-34-24-5-4-21(13-23(24)30)35-22-7-9-29(16-22)26(32)19-6-8-28(15-19)18(2)31/h4-5,12-14,19,22H,6-11,15-16H2,1-3H3/t19-,22+/m1/s1. The van der Waals surface area contributed by atoms with Crippen LogP contribution >= 0.6 is 0 Å². The summed E-state index contributed by atoms with van der Waals surface area (Å²) >= 11 is 0. The lowest BCUT2D eigenvalue weighted by Gasteiger charge is -2.32. The van der Waals surface area contributed by atoms with Gasteiger partial charge < -0.3 is 28.9 Å². The Balaban J connectivity index is 1.26. The molecule has 186 valence electrons. The van der Waals surface area contributed by atoms with E-state index in [1.165, 1.54) is 0 Å². The van der Waals surface area contributed by atoms with Crippen LogP contribution in [0.2, 0.25) is 0 Å². The van der Waals surface area contributed by atoms with E-state index < -0.39 is 0 Å². The highest BCUT2D eigenvalue weighted by molar-refractivity contribution is 5.81. The quantitative estimate of drug-likeness (QED) is 0.651. The minimum absolute atomic E-state index is 0.0361. The van der Waals surface area contributed by atoms with Gasteiger partial charge in [-0.1, -0.05) is 0 Å². The fraction of sp³-hybridized carbons (Fsp3) is 0.500. The third kappa shape index (κ3) is 4.72. The Bertz CT molecular complexity index is 1120. The van der Waals surface area contributed by atoms with Gasteiger partial charge in [-0.3, -0.25) is 9.59 Å². The van der Waals surface area contributed by atoms with Gasteiger partial charge in [-0.2, -0.15) is 0 Å². The number of ether oxygens (including phenoxy) is 3. The first-order valence-electron chi connectivity index (χ1n) is 12.2. The van der Waals surface area contributed by atoms with Gasteiger partial charge in [0.05, 0.1) is 43.7 Å². The summed E-state index contributed by atoms with van der Waals surface area (Å²) in [5, 5.41) is 0. The maximum Gasteiger partial charge on any atom is 0.227 e. The van der Waals surface area contributed by atoms with Crippen molar-refractivity contribution in [2.75, 3.05) is 51.3 Å². The predicted molar refractivity (Wildman–Crippen MR) is 130 cm³/mol. The van der Waals surface area contributed by atoms with Crippen molar-refractivity contribution in [2.24, 2.45) is 5.92 Å². The number of hydrogen-bond donors (Lipinski definition) is 0. The number of aromatic nitrogens is 1. The number of amides is 2. The molecule has 2 amide bonds. The van der Waals surface area contributed by atoms with Gasteiger partial charge in [-0.15, -0.1) is 0 Å². The van der Waals surface area contributed by atoms with Crippen molar-refractivity contribution in [1.29, 1.82) is 0 Å². The van der Waals surface area contributed by atoms with Gasteiger partial charge in [0.2, 0.25) is 17.7 Å². The fourth-order valence-electron chi connectivity index (χ4n) is 5.17. The van der Waals surface area contributed by atoms with Crippen LogP contribution in [0.1, 0.15) is 25.3 Å². The molecule has 3 aliphatic rings. The van der Waals surface area contributed by atoms with Crippen LogP contribution in [0.5, 0.6) is 17.4 Å². The maximum absolute atomic E-state index is 13.0. The SMILES string of the molecule is COc1ncc(N2CCOc3ccc(O[C@H]4CCN(C(=O)[C@@H]5CCN(C(C)=O)C5)C4)cc32)cc1C. The van der Waals surface area contributed by atoms with Gasteiger partial charge in [-0.25, -0.2) is 4.98 Å². The first-order valence-corrected chi connectivity index (χ1v) is 12.2. The van der Waals surface area contributed by atoms with E-state index in [-0.39, 0.29) is 23.8 Å². The number of carbonyl (C=O) groups is 2. The molecule has 0 bridgehead atoms. The van der Waals surface area contributed by atoms with Crippen LogP contribution in [0.15, 0.2) is 30.5 Å². The van der Waals surface area contributed by atoms with E-state index in [2.05, 4.69) is 16.0 Å². The number of aryl methyl sites for hydroxylation is 1. The van der Waals surface area contributed by atoms with E-state index in [9.17, 15) is 9.59 Å². The average Bonchev–Trinajstić information content (AvgIpc) is 3.54. The van der Waals surface area contributed by atoms with Gasteiger partial charge in [0.1, 0.15) is 24.2 Å². The number of carbonyl (C=O) groups excluding carboxylic acids is 2. The van der Waals surface area contributed by atoms with Crippen molar-refractivity contribution >= 4 is 23.2 Å². The number of fused-ring (bicyclic) bond motifs is 1. The monoisotopic (exact) mass is 480 g/mol. The Hall–Kier alpha value is -3.49. The van der Waals surface area contributed by atoms with Crippen LogP contribution in [0, 0.1) is 12.8 Å². The van der Waals surface area contributed by atoms with E-state index in [0.717, 1.165) is 41.3 Å². The molecule has 9 nitrogen and oxygen atoms in total. The molecule has 4 heterocycles. The van der Waals surface area contributed by atoms with Crippen molar-refractivity contribution in [3.05, 3.63) is 36.0 Å². The normalized spacial score (nSPS) is 21.5. The summed E-state index contributed by atoms with van der Waals surface area (Å²) in [6, 6.07) is 7.92. The van der Waals surface area contributed by atoms with Crippen LogP contribution < -0.4 is 19.1 Å². The molecule has 35 heavy (non-hydrogen) atoms. The van der Waals surface area contributed by atoms with Crippen LogP contribution in [-0.2, 0) is 9.59 Å². The molecule has 3 aliphatic heterocycles. The smallest absolute Gasteiger partial charge is 0.227 e. The second-order valence-electron chi connectivity index (χ2n) is 9.41. The van der Waals surface area contributed by atoms with Crippen LogP contribution in [0.3, 0.4) is 0 Å². The molecule has 0 spiro atoms.